The maximum Gasteiger partial charge on any atom is 0.328 e. The first-order valence-corrected chi connectivity index (χ1v) is 7.68. The number of esters is 1. The van der Waals surface area contributed by atoms with Gasteiger partial charge in [-0.2, -0.15) is 0 Å². The van der Waals surface area contributed by atoms with E-state index in [1.165, 1.54) is 23.3 Å². The van der Waals surface area contributed by atoms with Crippen LogP contribution in [-0.4, -0.2) is 25.0 Å². The van der Waals surface area contributed by atoms with Crippen LogP contribution in [0.4, 0.5) is 0 Å². The summed E-state index contributed by atoms with van der Waals surface area (Å²) in [7, 11) is 1.34. The summed E-state index contributed by atoms with van der Waals surface area (Å²) in [6, 6.07) is 1.29. The first-order valence-electron chi connectivity index (χ1n) is 6.87. The van der Waals surface area contributed by atoms with Crippen LogP contribution in [0.25, 0.3) is 0 Å². The van der Waals surface area contributed by atoms with Crippen LogP contribution >= 0.6 is 11.3 Å². The highest BCUT2D eigenvalue weighted by Gasteiger charge is 2.24. The Labute approximate surface area is 124 Å². The lowest BCUT2D eigenvalue weighted by Gasteiger charge is -2.17. The third-order valence-electron chi connectivity index (χ3n) is 3.06. The van der Waals surface area contributed by atoms with E-state index in [9.17, 15) is 9.59 Å². The van der Waals surface area contributed by atoms with Crippen molar-refractivity contribution in [1.82, 2.24) is 5.32 Å². The zero-order valence-corrected chi connectivity index (χ0v) is 13.6. The van der Waals surface area contributed by atoms with Crippen LogP contribution in [0.15, 0.2) is 6.07 Å². The summed E-state index contributed by atoms with van der Waals surface area (Å²) in [5.74, 6) is -0.291. The molecule has 0 unspecified atom stereocenters. The summed E-state index contributed by atoms with van der Waals surface area (Å²) in [6.45, 7) is 8.08. The number of carbonyl (C=O) groups is 2. The molecule has 0 bridgehead atoms. The molecule has 1 N–H and O–H groups in total. The lowest BCUT2D eigenvalue weighted by molar-refractivity contribution is -0.143. The summed E-state index contributed by atoms with van der Waals surface area (Å²) in [4.78, 5) is 25.8. The van der Waals surface area contributed by atoms with Crippen LogP contribution in [0.2, 0.25) is 0 Å². The highest BCUT2D eigenvalue weighted by molar-refractivity contribution is 7.14. The molecule has 0 aliphatic heterocycles. The first kappa shape index (κ1) is 16.7. The molecule has 20 heavy (non-hydrogen) atoms. The van der Waals surface area contributed by atoms with E-state index in [4.69, 9.17) is 4.74 Å². The van der Waals surface area contributed by atoms with E-state index in [0.29, 0.717) is 17.2 Å². The highest BCUT2D eigenvalue weighted by Crippen LogP contribution is 2.22. The van der Waals surface area contributed by atoms with Crippen LogP contribution in [0.1, 0.15) is 47.3 Å². The smallest absolute Gasteiger partial charge is 0.328 e. The average molecular weight is 297 g/mol. The molecule has 4 nitrogen and oxygen atoms in total. The van der Waals surface area contributed by atoms with E-state index in [2.05, 4.69) is 12.2 Å². The molecule has 1 amide bonds. The lowest BCUT2D eigenvalue weighted by atomic mass is 10.0. The molecule has 112 valence electrons. The van der Waals surface area contributed by atoms with Crippen molar-refractivity contribution in [3.8, 4) is 0 Å². The molecule has 0 aromatic carbocycles. The molecule has 1 rings (SSSR count). The maximum atomic E-state index is 12.2. The molecule has 1 aromatic rings. The number of nitrogens with one attached hydrogen (secondary N) is 1. The summed E-state index contributed by atoms with van der Waals surface area (Å²) in [5, 5.41) is 2.78. The monoisotopic (exact) mass is 297 g/mol. The van der Waals surface area contributed by atoms with E-state index in [1.807, 2.05) is 26.8 Å². The van der Waals surface area contributed by atoms with Gasteiger partial charge in [0.15, 0.2) is 0 Å². The van der Waals surface area contributed by atoms with Crippen LogP contribution in [0.5, 0.6) is 0 Å². The largest absolute Gasteiger partial charge is 0.467 e. The predicted octanol–water partition coefficient (Wildman–Crippen LogP) is 2.94. The minimum atomic E-state index is -0.583. The normalized spacial score (nSPS) is 12.3. The number of rotatable bonds is 6. The molecular weight excluding hydrogens is 274 g/mol. The van der Waals surface area contributed by atoms with Gasteiger partial charge in [0, 0.05) is 4.88 Å². The molecular formula is C15H23NO3S. The number of thiophene rings is 1. The second kappa shape index (κ2) is 7.43. The topological polar surface area (TPSA) is 55.4 Å². The third-order valence-corrected chi connectivity index (χ3v) is 4.44. The predicted molar refractivity (Wildman–Crippen MR) is 81.2 cm³/mol. The molecule has 0 fully saturated rings. The third kappa shape index (κ3) is 4.34. The van der Waals surface area contributed by atoms with Gasteiger partial charge in [-0.05, 0) is 37.3 Å². The molecule has 5 heteroatoms. The molecule has 0 aliphatic carbocycles. The van der Waals surface area contributed by atoms with Gasteiger partial charge in [-0.1, -0.05) is 20.8 Å². The van der Waals surface area contributed by atoms with Crippen molar-refractivity contribution in [2.24, 2.45) is 5.92 Å². The Balaban J connectivity index is 2.81. The zero-order chi connectivity index (χ0) is 15.3. The molecule has 1 atom stereocenters. The Morgan fingerprint density at radius 2 is 2.05 bits per heavy atom. The van der Waals surface area contributed by atoms with Crippen molar-refractivity contribution in [3.05, 3.63) is 21.4 Å². The maximum absolute atomic E-state index is 12.2. The Morgan fingerprint density at radius 3 is 2.50 bits per heavy atom. The van der Waals surface area contributed by atoms with E-state index < -0.39 is 12.0 Å². The Morgan fingerprint density at radius 1 is 1.40 bits per heavy atom. The Hall–Kier alpha value is -1.36. The Bertz CT molecular complexity index is 479. The summed E-state index contributed by atoms with van der Waals surface area (Å²) >= 11 is 1.48. The second-order valence-corrected chi connectivity index (χ2v) is 6.39. The molecule has 0 radical (unpaired) electrons. The van der Waals surface area contributed by atoms with Crippen LogP contribution in [0.3, 0.4) is 0 Å². The van der Waals surface area contributed by atoms with Crippen molar-refractivity contribution in [3.63, 3.8) is 0 Å². The number of hydrogen-bond donors (Lipinski definition) is 1. The fourth-order valence-corrected chi connectivity index (χ4v) is 3.06. The molecule has 0 saturated carbocycles. The van der Waals surface area contributed by atoms with Gasteiger partial charge in [0.05, 0.1) is 12.0 Å². The van der Waals surface area contributed by atoms with Gasteiger partial charge in [-0.15, -0.1) is 11.3 Å². The van der Waals surface area contributed by atoms with Gasteiger partial charge in [0.2, 0.25) is 0 Å². The molecule has 0 aliphatic rings. The number of carbonyl (C=O) groups excluding carboxylic acids is 2. The van der Waals surface area contributed by atoms with Gasteiger partial charge in [0.1, 0.15) is 6.04 Å². The minimum absolute atomic E-state index is 0.200. The summed E-state index contributed by atoms with van der Waals surface area (Å²) in [6.07, 6.45) is 1.49. The quantitative estimate of drug-likeness (QED) is 0.821. The van der Waals surface area contributed by atoms with Gasteiger partial charge >= 0.3 is 5.97 Å². The summed E-state index contributed by atoms with van der Waals surface area (Å²) < 4.78 is 4.75. The van der Waals surface area contributed by atoms with Crippen molar-refractivity contribution >= 4 is 23.2 Å². The van der Waals surface area contributed by atoms with Gasteiger partial charge in [0.25, 0.3) is 5.91 Å². The summed E-state index contributed by atoms with van der Waals surface area (Å²) in [5.41, 5.74) is 1.13. The molecule has 1 aromatic heterocycles. The van der Waals surface area contributed by atoms with Crippen molar-refractivity contribution in [2.75, 3.05) is 7.11 Å². The SMILES string of the molecule is CCc1sc(C(=O)N[C@H](CC(C)C)C(=O)OC)cc1C. The van der Waals surface area contributed by atoms with E-state index in [-0.39, 0.29) is 5.91 Å². The number of hydrogen-bond acceptors (Lipinski definition) is 4. The average Bonchev–Trinajstić information content (AvgIpc) is 2.77. The van der Waals surface area contributed by atoms with Crippen LogP contribution < -0.4 is 5.32 Å². The number of methoxy groups -OCH3 is 1. The molecule has 0 saturated heterocycles. The van der Waals surface area contributed by atoms with Crippen molar-refractivity contribution < 1.29 is 14.3 Å². The first-order chi connectivity index (χ1) is 9.38. The van der Waals surface area contributed by atoms with Crippen LogP contribution in [0, 0.1) is 12.8 Å². The van der Waals surface area contributed by atoms with Crippen molar-refractivity contribution in [2.45, 2.75) is 46.6 Å². The Kier molecular flexibility index (Phi) is 6.20. The number of amides is 1. The second-order valence-electron chi connectivity index (χ2n) is 5.25. The number of aryl methyl sites for hydroxylation is 2. The van der Waals surface area contributed by atoms with E-state index in [0.717, 1.165) is 12.0 Å². The van der Waals surface area contributed by atoms with Crippen LogP contribution in [-0.2, 0) is 16.0 Å². The van der Waals surface area contributed by atoms with Crippen molar-refractivity contribution in [1.29, 1.82) is 0 Å². The zero-order valence-electron chi connectivity index (χ0n) is 12.8. The fourth-order valence-electron chi connectivity index (χ4n) is 2.04. The lowest BCUT2D eigenvalue weighted by Crippen LogP contribution is -2.42. The van der Waals surface area contributed by atoms with Gasteiger partial charge in [-0.25, -0.2) is 4.79 Å². The minimum Gasteiger partial charge on any atom is -0.467 e. The van der Waals surface area contributed by atoms with E-state index in [1.54, 1.807) is 0 Å². The standard InChI is InChI=1S/C15H23NO3S/c1-6-12-10(4)8-13(20-12)14(17)16-11(7-9(2)3)15(18)19-5/h8-9,11H,6-7H2,1-5H3,(H,16,17)/t11-/m1/s1. The fraction of sp³-hybridized carbons (Fsp3) is 0.600. The van der Waals surface area contributed by atoms with Gasteiger partial charge in [-0.3, -0.25) is 4.79 Å². The van der Waals surface area contributed by atoms with E-state index >= 15 is 0 Å². The van der Waals surface area contributed by atoms with Gasteiger partial charge < -0.3 is 10.1 Å². The molecule has 1 heterocycles. The molecule has 0 spiro atoms. The highest BCUT2D eigenvalue weighted by atomic mass is 32.1. The number of ether oxygens (including phenoxy) is 1.